The zero-order valence-electron chi connectivity index (χ0n) is 15.2. The van der Waals surface area contributed by atoms with Gasteiger partial charge in [0.15, 0.2) is 0 Å². The van der Waals surface area contributed by atoms with Gasteiger partial charge in [-0.05, 0) is 19.0 Å². The van der Waals surface area contributed by atoms with E-state index in [0.717, 1.165) is 42.7 Å². The number of carbonyl (C=O) groups excluding carboxylic acids is 1. The molecule has 0 unspecified atom stereocenters. The lowest BCUT2D eigenvalue weighted by Gasteiger charge is -2.26. The molecule has 0 aromatic heterocycles. The van der Waals surface area contributed by atoms with E-state index in [2.05, 4.69) is 10.2 Å². The molecular formula is C16H24N4O6S. The van der Waals surface area contributed by atoms with E-state index in [1.807, 2.05) is 0 Å². The normalized spacial score (nSPS) is 15.3. The first-order chi connectivity index (χ1) is 12.8. The molecule has 1 aliphatic heterocycles. The minimum atomic E-state index is -3.78. The van der Waals surface area contributed by atoms with Gasteiger partial charge in [0.2, 0.25) is 15.9 Å². The van der Waals surface area contributed by atoms with Gasteiger partial charge in [0.25, 0.3) is 5.69 Å². The van der Waals surface area contributed by atoms with Gasteiger partial charge in [-0.25, -0.2) is 8.42 Å². The number of hydrogen-bond acceptors (Lipinski definition) is 7. The van der Waals surface area contributed by atoms with Gasteiger partial charge in [-0.15, -0.1) is 0 Å². The molecule has 10 nitrogen and oxygen atoms in total. The lowest BCUT2D eigenvalue weighted by molar-refractivity contribution is -0.384. The largest absolute Gasteiger partial charge is 0.379 e. The third kappa shape index (κ3) is 6.77. The molecule has 150 valence electrons. The van der Waals surface area contributed by atoms with Crippen LogP contribution in [0.15, 0.2) is 24.3 Å². The monoisotopic (exact) mass is 400 g/mol. The highest BCUT2D eigenvalue weighted by atomic mass is 32.2. The highest BCUT2D eigenvalue weighted by molar-refractivity contribution is 7.92. The maximum absolute atomic E-state index is 12.2. The fourth-order valence-corrected chi connectivity index (χ4v) is 3.55. The van der Waals surface area contributed by atoms with Crippen molar-refractivity contribution in [3.63, 3.8) is 0 Å². The first-order valence-corrected chi connectivity index (χ1v) is 10.4. The number of rotatable bonds is 9. The van der Waals surface area contributed by atoms with Gasteiger partial charge >= 0.3 is 0 Å². The Morgan fingerprint density at radius 3 is 2.70 bits per heavy atom. The van der Waals surface area contributed by atoms with Crippen LogP contribution in [0.4, 0.5) is 11.4 Å². The van der Waals surface area contributed by atoms with E-state index in [9.17, 15) is 23.3 Å². The number of nitrogens with zero attached hydrogens (tertiary/aromatic N) is 3. The first kappa shape index (κ1) is 21.1. The summed E-state index contributed by atoms with van der Waals surface area (Å²) in [7, 11) is -3.78. The minimum absolute atomic E-state index is 0.0789. The van der Waals surface area contributed by atoms with Crippen LogP contribution in [0.2, 0.25) is 0 Å². The van der Waals surface area contributed by atoms with Crippen molar-refractivity contribution < 1.29 is 22.9 Å². The number of anilines is 1. The number of benzene rings is 1. The molecule has 0 spiro atoms. The van der Waals surface area contributed by atoms with Crippen LogP contribution in [0, 0.1) is 10.1 Å². The van der Waals surface area contributed by atoms with Crippen LogP contribution < -0.4 is 9.62 Å². The molecule has 0 atom stereocenters. The van der Waals surface area contributed by atoms with E-state index in [1.165, 1.54) is 18.2 Å². The standard InChI is InChI=1S/C16H24N4O6S/c1-27(24,25)19(14-4-2-5-15(12-14)20(22)23)13-16(21)17-6-3-7-18-8-10-26-11-9-18/h2,4-5,12H,3,6-11,13H2,1H3,(H,17,21). The quantitative estimate of drug-likeness (QED) is 0.357. The summed E-state index contributed by atoms with van der Waals surface area (Å²) in [5.74, 6) is -0.464. The number of nitrogens with one attached hydrogen (secondary N) is 1. The van der Waals surface area contributed by atoms with Gasteiger partial charge in [0.05, 0.1) is 30.1 Å². The lowest BCUT2D eigenvalue weighted by atomic mass is 10.3. The molecule has 1 aromatic carbocycles. The Kier molecular flexibility index (Phi) is 7.51. The van der Waals surface area contributed by atoms with E-state index < -0.39 is 27.4 Å². The minimum Gasteiger partial charge on any atom is -0.379 e. The van der Waals surface area contributed by atoms with Crippen molar-refractivity contribution in [2.24, 2.45) is 0 Å². The topological polar surface area (TPSA) is 122 Å². The van der Waals surface area contributed by atoms with Crippen molar-refractivity contribution in [3.05, 3.63) is 34.4 Å². The molecule has 11 heteroatoms. The van der Waals surface area contributed by atoms with Crippen LogP contribution in [0.1, 0.15) is 6.42 Å². The second kappa shape index (κ2) is 9.62. The molecule has 1 amide bonds. The van der Waals surface area contributed by atoms with Crippen molar-refractivity contribution in [2.75, 3.05) is 56.5 Å². The molecular weight excluding hydrogens is 376 g/mol. The summed E-state index contributed by atoms with van der Waals surface area (Å²) in [4.78, 5) is 24.7. The summed E-state index contributed by atoms with van der Waals surface area (Å²) in [5.41, 5.74) is -0.165. The van der Waals surface area contributed by atoms with Crippen molar-refractivity contribution in [2.45, 2.75) is 6.42 Å². The average molecular weight is 400 g/mol. The number of ether oxygens (including phenoxy) is 1. The second-order valence-corrected chi connectivity index (χ2v) is 8.11. The number of non-ortho nitro benzene ring substituents is 1. The molecule has 0 radical (unpaired) electrons. The van der Waals surface area contributed by atoms with Crippen LogP contribution in [0.5, 0.6) is 0 Å². The highest BCUT2D eigenvalue weighted by Crippen LogP contribution is 2.22. The Balaban J connectivity index is 1.90. The Hall–Kier alpha value is -2.24. The Labute approximate surface area is 158 Å². The summed E-state index contributed by atoms with van der Waals surface area (Å²) < 4.78 is 30.2. The van der Waals surface area contributed by atoms with Gasteiger partial charge in [0.1, 0.15) is 6.54 Å². The van der Waals surface area contributed by atoms with Crippen molar-refractivity contribution >= 4 is 27.3 Å². The van der Waals surface area contributed by atoms with E-state index in [4.69, 9.17) is 4.74 Å². The maximum atomic E-state index is 12.2. The van der Waals surface area contributed by atoms with E-state index in [-0.39, 0.29) is 11.4 Å². The predicted molar refractivity (Wildman–Crippen MR) is 100 cm³/mol. The molecule has 1 saturated heterocycles. The van der Waals surface area contributed by atoms with Gasteiger partial charge in [-0.3, -0.25) is 24.1 Å². The van der Waals surface area contributed by atoms with Crippen LogP contribution in [0.3, 0.4) is 0 Å². The van der Waals surface area contributed by atoms with E-state index in [0.29, 0.717) is 19.8 Å². The van der Waals surface area contributed by atoms with Gasteiger partial charge in [0, 0.05) is 31.8 Å². The number of morpholine rings is 1. The van der Waals surface area contributed by atoms with Crippen LogP contribution in [-0.2, 0) is 19.6 Å². The van der Waals surface area contributed by atoms with Crippen molar-refractivity contribution in [1.82, 2.24) is 10.2 Å². The van der Waals surface area contributed by atoms with Crippen LogP contribution >= 0.6 is 0 Å². The first-order valence-electron chi connectivity index (χ1n) is 8.56. The fourth-order valence-electron chi connectivity index (χ4n) is 2.70. The third-order valence-electron chi connectivity index (χ3n) is 4.09. The molecule has 1 fully saturated rings. The SMILES string of the molecule is CS(=O)(=O)N(CC(=O)NCCCN1CCOCC1)c1cccc([N+](=O)[O-])c1. The predicted octanol–water partition coefficient (Wildman–Crippen LogP) is 0.199. The smallest absolute Gasteiger partial charge is 0.271 e. The summed E-state index contributed by atoms with van der Waals surface area (Å²) in [6.45, 7) is 3.95. The number of nitro groups is 1. The van der Waals surface area contributed by atoms with E-state index in [1.54, 1.807) is 0 Å². The number of carbonyl (C=O) groups is 1. The summed E-state index contributed by atoms with van der Waals surface area (Å²) in [6, 6.07) is 5.19. The second-order valence-electron chi connectivity index (χ2n) is 6.20. The highest BCUT2D eigenvalue weighted by Gasteiger charge is 2.22. The summed E-state index contributed by atoms with van der Waals surface area (Å²) >= 11 is 0. The van der Waals surface area contributed by atoms with E-state index >= 15 is 0 Å². The Morgan fingerprint density at radius 2 is 2.07 bits per heavy atom. The molecule has 1 heterocycles. The fraction of sp³-hybridized carbons (Fsp3) is 0.562. The van der Waals surface area contributed by atoms with Gasteiger partial charge < -0.3 is 10.1 Å². The zero-order chi connectivity index (χ0) is 19.9. The molecule has 2 rings (SSSR count). The zero-order valence-corrected chi connectivity index (χ0v) is 16.0. The number of hydrogen-bond donors (Lipinski definition) is 1. The Bertz CT molecular complexity index is 764. The van der Waals surface area contributed by atoms with Crippen molar-refractivity contribution in [1.29, 1.82) is 0 Å². The molecule has 0 bridgehead atoms. The van der Waals surface area contributed by atoms with Gasteiger partial charge in [-0.2, -0.15) is 0 Å². The lowest BCUT2D eigenvalue weighted by Crippen LogP contribution is -2.42. The van der Waals surface area contributed by atoms with Crippen LogP contribution in [0.25, 0.3) is 0 Å². The third-order valence-corrected chi connectivity index (χ3v) is 5.23. The van der Waals surface area contributed by atoms with Gasteiger partial charge in [-0.1, -0.05) is 6.07 Å². The maximum Gasteiger partial charge on any atom is 0.271 e. The molecule has 1 N–H and O–H groups in total. The molecule has 1 aliphatic rings. The molecule has 27 heavy (non-hydrogen) atoms. The average Bonchev–Trinajstić information content (AvgIpc) is 2.63. The summed E-state index contributed by atoms with van der Waals surface area (Å²) in [5, 5.41) is 13.6. The number of sulfonamides is 1. The summed E-state index contributed by atoms with van der Waals surface area (Å²) in [6.07, 6.45) is 1.69. The number of nitro benzene ring substituents is 1. The Morgan fingerprint density at radius 1 is 1.37 bits per heavy atom. The van der Waals surface area contributed by atoms with Crippen molar-refractivity contribution in [3.8, 4) is 0 Å². The number of amides is 1. The molecule has 0 saturated carbocycles. The van der Waals surface area contributed by atoms with Crippen LogP contribution in [-0.4, -0.2) is 76.3 Å². The molecule has 1 aromatic rings. The molecule has 0 aliphatic carbocycles.